The lowest BCUT2D eigenvalue weighted by molar-refractivity contribution is -0.146. The fourth-order valence-corrected chi connectivity index (χ4v) is 2.27. The number of alkyl halides is 3. The van der Waals surface area contributed by atoms with Crippen LogP contribution >= 0.6 is 0 Å². The van der Waals surface area contributed by atoms with Crippen LogP contribution in [0.2, 0.25) is 0 Å². The van der Waals surface area contributed by atoms with Gasteiger partial charge in [0.2, 0.25) is 0 Å². The number of rotatable bonds is 3. The Morgan fingerprint density at radius 2 is 2.15 bits per heavy atom. The van der Waals surface area contributed by atoms with Gasteiger partial charge in [0.25, 0.3) is 0 Å². The molecule has 0 aliphatic heterocycles. The fraction of sp³-hybridized carbons (Fsp3) is 0.583. The van der Waals surface area contributed by atoms with Crippen molar-refractivity contribution in [2.75, 3.05) is 6.61 Å². The molecule has 0 radical (unpaired) electrons. The van der Waals surface area contributed by atoms with Gasteiger partial charge in [0.15, 0.2) is 11.5 Å². The number of ether oxygens (including phenoxy) is 1. The molecule has 0 saturated carbocycles. The molecular formula is C12H13F3N2O3. The smallest absolute Gasteiger partial charge is 0.435 e. The van der Waals surface area contributed by atoms with Gasteiger partial charge in [-0.3, -0.25) is 9.59 Å². The van der Waals surface area contributed by atoms with Crippen molar-refractivity contribution in [3.05, 3.63) is 17.0 Å². The molecule has 20 heavy (non-hydrogen) atoms. The molecule has 0 saturated heterocycles. The van der Waals surface area contributed by atoms with E-state index in [0.29, 0.717) is 0 Å². The lowest BCUT2D eigenvalue weighted by atomic mass is 10.1. The minimum Gasteiger partial charge on any atom is -0.465 e. The molecular weight excluding hydrogens is 277 g/mol. The van der Waals surface area contributed by atoms with Crippen molar-refractivity contribution >= 4 is 11.8 Å². The molecule has 1 aliphatic rings. The molecule has 0 spiro atoms. The van der Waals surface area contributed by atoms with Crippen LogP contribution in [0.4, 0.5) is 13.2 Å². The van der Waals surface area contributed by atoms with E-state index in [4.69, 9.17) is 0 Å². The monoisotopic (exact) mass is 290 g/mol. The van der Waals surface area contributed by atoms with Gasteiger partial charge < -0.3 is 4.74 Å². The summed E-state index contributed by atoms with van der Waals surface area (Å²) in [5.41, 5.74) is -1.34. The van der Waals surface area contributed by atoms with E-state index in [0.717, 1.165) is 4.68 Å². The summed E-state index contributed by atoms with van der Waals surface area (Å²) in [5.74, 6) is -1.68. The Balaban J connectivity index is 2.44. The van der Waals surface area contributed by atoms with Crippen molar-refractivity contribution < 1.29 is 27.5 Å². The summed E-state index contributed by atoms with van der Waals surface area (Å²) >= 11 is 0. The van der Waals surface area contributed by atoms with Crippen LogP contribution in [-0.2, 0) is 28.7 Å². The Morgan fingerprint density at radius 1 is 1.50 bits per heavy atom. The van der Waals surface area contributed by atoms with Crippen LogP contribution in [0.1, 0.15) is 35.6 Å². The second kappa shape index (κ2) is 4.92. The number of nitrogens with zero attached hydrogens (tertiary/aromatic N) is 2. The number of ketones is 1. The van der Waals surface area contributed by atoms with Crippen LogP contribution < -0.4 is 0 Å². The third kappa shape index (κ3) is 2.41. The highest BCUT2D eigenvalue weighted by atomic mass is 19.4. The summed E-state index contributed by atoms with van der Waals surface area (Å²) in [5, 5.41) is 3.38. The van der Waals surface area contributed by atoms with Crippen molar-refractivity contribution in [1.82, 2.24) is 9.78 Å². The van der Waals surface area contributed by atoms with Gasteiger partial charge in [0, 0.05) is 11.5 Å². The van der Waals surface area contributed by atoms with E-state index in [2.05, 4.69) is 9.84 Å². The number of Topliss-reactive ketones (excluding diaryl/α,β-unsaturated/α-hetero) is 1. The van der Waals surface area contributed by atoms with Gasteiger partial charge >= 0.3 is 12.1 Å². The zero-order valence-corrected chi connectivity index (χ0v) is 11.0. The van der Waals surface area contributed by atoms with Gasteiger partial charge in [-0.05, 0) is 13.3 Å². The first-order valence-corrected chi connectivity index (χ1v) is 6.12. The van der Waals surface area contributed by atoms with Crippen molar-refractivity contribution in [2.45, 2.75) is 33.0 Å². The Kier molecular flexibility index (Phi) is 3.58. The first-order valence-electron chi connectivity index (χ1n) is 6.12. The van der Waals surface area contributed by atoms with E-state index < -0.39 is 36.1 Å². The molecule has 0 amide bonds. The zero-order chi connectivity index (χ0) is 15.1. The largest absolute Gasteiger partial charge is 0.465 e. The second-order valence-electron chi connectivity index (χ2n) is 4.61. The van der Waals surface area contributed by atoms with Crippen molar-refractivity contribution in [2.24, 2.45) is 5.92 Å². The molecule has 0 N–H and O–H groups in total. The second-order valence-corrected chi connectivity index (χ2v) is 4.61. The molecule has 8 heteroatoms. The summed E-state index contributed by atoms with van der Waals surface area (Å²) in [4.78, 5) is 23.3. The number of carbonyl (C=O) groups is 2. The minimum absolute atomic E-state index is 0.00810. The van der Waals surface area contributed by atoms with Gasteiger partial charge in [0.05, 0.1) is 6.61 Å². The van der Waals surface area contributed by atoms with Gasteiger partial charge in [-0.1, -0.05) is 6.92 Å². The SMILES string of the molecule is CCOC(=O)Cn1nc(C(F)(F)F)c2c1C(=O)C(C)C2. The van der Waals surface area contributed by atoms with Crippen LogP contribution in [-0.4, -0.2) is 28.1 Å². The molecule has 0 fully saturated rings. The van der Waals surface area contributed by atoms with Crippen LogP contribution in [0.3, 0.4) is 0 Å². The molecule has 1 aromatic rings. The number of aromatic nitrogens is 2. The van der Waals surface area contributed by atoms with E-state index in [1.165, 1.54) is 0 Å². The molecule has 0 bridgehead atoms. The normalized spacial score (nSPS) is 18.2. The lowest BCUT2D eigenvalue weighted by Crippen LogP contribution is -2.20. The zero-order valence-electron chi connectivity index (χ0n) is 11.0. The predicted octanol–water partition coefficient (Wildman–Crippen LogP) is 1.84. The molecule has 110 valence electrons. The van der Waals surface area contributed by atoms with Gasteiger partial charge in [-0.25, -0.2) is 4.68 Å². The number of halogens is 3. The molecule has 2 rings (SSSR count). The van der Waals surface area contributed by atoms with E-state index in [9.17, 15) is 22.8 Å². The standard InChI is InChI=1S/C12H13F3N2O3/c1-3-20-8(18)5-17-9-7(4-6(2)10(9)19)11(16-17)12(13,14)15/h6H,3-5H2,1-2H3. The fourth-order valence-electron chi connectivity index (χ4n) is 2.27. The summed E-state index contributed by atoms with van der Waals surface area (Å²) < 4.78 is 44.2. The highest BCUT2D eigenvalue weighted by Gasteiger charge is 2.44. The van der Waals surface area contributed by atoms with Crippen molar-refractivity contribution in [1.29, 1.82) is 0 Å². The highest BCUT2D eigenvalue weighted by molar-refractivity contribution is 6.01. The van der Waals surface area contributed by atoms with Crippen LogP contribution in [0.25, 0.3) is 0 Å². The van der Waals surface area contributed by atoms with Crippen molar-refractivity contribution in [3.63, 3.8) is 0 Å². The summed E-state index contributed by atoms with van der Waals surface area (Å²) in [6, 6.07) is 0. The first-order chi connectivity index (χ1) is 9.25. The van der Waals surface area contributed by atoms with Crippen molar-refractivity contribution in [3.8, 4) is 0 Å². The Bertz CT molecular complexity index is 563. The molecule has 1 aromatic heterocycles. The quantitative estimate of drug-likeness (QED) is 0.797. The Morgan fingerprint density at radius 3 is 2.70 bits per heavy atom. The number of fused-ring (bicyclic) bond motifs is 1. The molecule has 1 aliphatic carbocycles. The topological polar surface area (TPSA) is 61.2 Å². The maximum atomic E-state index is 12.9. The average Bonchev–Trinajstić information content (AvgIpc) is 2.79. The van der Waals surface area contributed by atoms with Crippen LogP contribution in [0.15, 0.2) is 0 Å². The van der Waals surface area contributed by atoms with E-state index in [1.54, 1.807) is 13.8 Å². The van der Waals surface area contributed by atoms with Crippen LogP contribution in [0, 0.1) is 5.92 Å². The van der Waals surface area contributed by atoms with E-state index >= 15 is 0 Å². The lowest BCUT2D eigenvalue weighted by Gasteiger charge is -2.07. The van der Waals surface area contributed by atoms with Gasteiger partial charge in [0.1, 0.15) is 12.2 Å². The number of hydrogen-bond donors (Lipinski definition) is 0. The predicted molar refractivity (Wildman–Crippen MR) is 61.1 cm³/mol. The number of hydrogen-bond acceptors (Lipinski definition) is 4. The minimum atomic E-state index is -4.64. The summed E-state index contributed by atoms with van der Waals surface area (Å²) in [7, 11) is 0. The molecule has 1 atom stereocenters. The number of carbonyl (C=O) groups excluding carboxylic acids is 2. The maximum Gasteiger partial charge on any atom is 0.435 e. The van der Waals surface area contributed by atoms with E-state index in [-0.39, 0.29) is 24.3 Å². The van der Waals surface area contributed by atoms with E-state index in [1.807, 2.05) is 0 Å². The molecule has 0 aromatic carbocycles. The third-order valence-electron chi connectivity index (χ3n) is 3.09. The average molecular weight is 290 g/mol. The summed E-state index contributed by atoms with van der Waals surface area (Å²) in [6.45, 7) is 2.75. The Hall–Kier alpha value is -1.86. The number of esters is 1. The molecule has 5 nitrogen and oxygen atoms in total. The van der Waals surface area contributed by atoms with Gasteiger partial charge in [-0.2, -0.15) is 18.3 Å². The highest BCUT2D eigenvalue weighted by Crippen LogP contribution is 2.38. The third-order valence-corrected chi connectivity index (χ3v) is 3.09. The Labute approximate surface area is 112 Å². The molecule has 1 heterocycles. The summed E-state index contributed by atoms with van der Waals surface area (Å²) in [6.07, 6.45) is -4.65. The first kappa shape index (κ1) is 14.5. The van der Waals surface area contributed by atoms with Crippen LogP contribution in [0.5, 0.6) is 0 Å². The van der Waals surface area contributed by atoms with Gasteiger partial charge in [-0.15, -0.1) is 0 Å². The maximum absolute atomic E-state index is 12.9. The molecule has 1 unspecified atom stereocenters.